The average Bonchev–Trinajstić information content (AvgIpc) is 2.54. The van der Waals surface area contributed by atoms with Gasteiger partial charge < -0.3 is 15.8 Å². The molecular formula is C15H13N3O5. The van der Waals surface area contributed by atoms with Gasteiger partial charge in [-0.3, -0.25) is 19.7 Å². The number of anilines is 1. The second-order valence-corrected chi connectivity index (χ2v) is 4.51. The van der Waals surface area contributed by atoms with Gasteiger partial charge in [0.05, 0.1) is 23.3 Å². The van der Waals surface area contributed by atoms with E-state index < -0.39 is 16.7 Å². The highest BCUT2D eigenvalue weighted by Gasteiger charge is 2.19. The van der Waals surface area contributed by atoms with Gasteiger partial charge in [0.2, 0.25) is 0 Å². The van der Waals surface area contributed by atoms with Crippen molar-refractivity contribution in [3.63, 3.8) is 0 Å². The molecule has 0 fully saturated rings. The van der Waals surface area contributed by atoms with Crippen molar-refractivity contribution in [1.82, 2.24) is 0 Å². The molecule has 23 heavy (non-hydrogen) atoms. The average molecular weight is 315 g/mol. The zero-order valence-corrected chi connectivity index (χ0v) is 12.1. The highest BCUT2D eigenvalue weighted by atomic mass is 16.6. The Labute approximate surface area is 131 Å². The van der Waals surface area contributed by atoms with Gasteiger partial charge in [-0.1, -0.05) is 12.1 Å². The molecule has 118 valence electrons. The van der Waals surface area contributed by atoms with Crippen LogP contribution in [-0.2, 0) is 0 Å². The molecule has 0 radical (unpaired) electrons. The number of ether oxygens (including phenoxy) is 1. The number of rotatable bonds is 5. The topological polar surface area (TPSA) is 125 Å². The first-order valence-electron chi connectivity index (χ1n) is 6.46. The Kier molecular flexibility index (Phi) is 4.55. The molecule has 0 atom stereocenters. The summed E-state index contributed by atoms with van der Waals surface area (Å²) >= 11 is 0. The van der Waals surface area contributed by atoms with E-state index in [1.165, 1.54) is 31.4 Å². The summed E-state index contributed by atoms with van der Waals surface area (Å²) in [5, 5.41) is 13.5. The van der Waals surface area contributed by atoms with Crippen molar-refractivity contribution in [2.75, 3.05) is 12.4 Å². The number of methoxy groups -OCH3 is 1. The number of hydrogen-bond acceptors (Lipinski definition) is 5. The molecule has 0 saturated carbocycles. The van der Waals surface area contributed by atoms with E-state index in [1.807, 2.05) is 0 Å². The van der Waals surface area contributed by atoms with Gasteiger partial charge in [-0.15, -0.1) is 0 Å². The van der Waals surface area contributed by atoms with E-state index >= 15 is 0 Å². The van der Waals surface area contributed by atoms with Crippen molar-refractivity contribution in [3.8, 4) is 5.75 Å². The van der Waals surface area contributed by atoms with Gasteiger partial charge in [-0.05, 0) is 24.3 Å². The number of nitrogens with zero attached hydrogens (tertiary/aromatic N) is 1. The zero-order valence-electron chi connectivity index (χ0n) is 12.1. The number of carbonyl (C=O) groups excluding carboxylic acids is 2. The Balaban J connectivity index is 2.34. The van der Waals surface area contributed by atoms with Crippen molar-refractivity contribution < 1.29 is 19.2 Å². The molecule has 0 aliphatic carbocycles. The fraction of sp³-hybridized carbons (Fsp3) is 0.0667. The molecule has 0 saturated heterocycles. The van der Waals surface area contributed by atoms with Crippen molar-refractivity contribution in [3.05, 3.63) is 63.7 Å². The van der Waals surface area contributed by atoms with E-state index in [9.17, 15) is 19.7 Å². The van der Waals surface area contributed by atoms with Crippen LogP contribution in [0.4, 0.5) is 11.4 Å². The van der Waals surface area contributed by atoms with Crippen LogP contribution in [0.5, 0.6) is 5.75 Å². The van der Waals surface area contributed by atoms with E-state index in [1.54, 1.807) is 12.1 Å². The molecule has 8 nitrogen and oxygen atoms in total. The summed E-state index contributed by atoms with van der Waals surface area (Å²) in [5.41, 5.74) is 5.32. The van der Waals surface area contributed by atoms with Crippen molar-refractivity contribution in [1.29, 1.82) is 0 Å². The number of amides is 2. The fourth-order valence-electron chi connectivity index (χ4n) is 1.98. The van der Waals surface area contributed by atoms with E-state index in [0.29, 0.717) is 0 Å². The summed E-state index contributed by atoms with van der Waals surface area (Å²) in [5.74, 6) is -1.25. The van der Waals surface area contributed by atoms with Gasteiger partial charge in [-0.2, -0.15) is 0 Å². The molecule has 0 aromatic heterocycles. The number of para-hydroxylation sites is 1. The molecule has 8 heteroatoms. The van der Waals surface area contributed by atoms with Crippen LogP contribution in [0.2, 0.25) is 0 Å². The van der Waals surface area contributed by atoms with Gasteiger partial charge in [0.25, 0.3) is 11.8 Å². The lowest BCUT2D eigenvalue weighted by atomic mass is 10.1. The van der Waals surface area contributed by atoms with Crippen LogP contribution < -0.4 is 15.8 Å². The van der Waals surface area contributed by atoms with Gasteiger partial charge >= 0.3 is 5.69 Å². The van der Waals surface area contributed by atoms with Crippen molar-refractivity contribution >= 4 is 23.2 Å². The number of primary amides is 1. The van der Waals surface area contributed by atoms with Crippen LogP contribution in [0.1, 0.15) is 20.7 Å². The Morgan fingerprint density at radius 1 is 1.22 bits per heavy atom. The molecule has 2 amide bonds. The normalized spacial score (nSPS) is 9.96. The van der Waals surface area contributed by atoms with Crippen LogP contribution >= 0.6 is 0 Å². The quantitative estimate of drug-likeness (QED) is 0.644. The monoisotopic (exact) mass is 315 g/mol. The van der Waals surface area contributed by atoms with Gasteiger partial charge in [0.1, 0.15) is 0 Å². The largest absolute Gasteiger partial charge is 0.490 e. The summed E-state index contributed by atoms with van der Waals surface area (Å²) in [6, 6.07) is 10.0. The van der Waals surface area contributed by atoms with E-state index in [-0.39, 0.29) is 28.3 Å². The smallest absolute Gasteiger partial charge is 0.311 e. The van der Waals surface area contributed by atoms with Crippen LogP contribution in [0.3, 0.4) is 0 Å². The second kappa shape index (κ2) is 6.56. The predicted octanol–water partition coefficient (Wildman–Crippen LogP) is 1.95. The molecule has 0 aliphatic rings. The molecule has 0 bridgehead atoms. The number of benzene rings is 2. The number of nitrogens with one attached hydrogen (secondary N) is 1. The molecule has 0 aliphatic heterocycles. The third kappa shape index (κ3) is 3.43. The Morgan fingerprint density at radius 2 is 1.91 bits per heavy atom. The molecule has 2 rings (SSSR count). The summed E-state index contributed by atoms with van der Waals surface area (Å²) in [6.45, 7) is 0. The van der Waals surface area contributed by atoms with Crippen LogP contribution in [0, 0.1) is 10.1 Å². The van der Waals surface area contributed by atoms with Crippen molar-refractivity contribution in [2.24, 2.45) is 5.73 Å². The molecular weight excluding hydrogens is 302 g/mol. The predicted molar refractivity (Wildman–Crippen MR) is 82.6 cm³/mol. The Bertz CT molecular complexity index is 788. The van der Waals surface area contributed by atoms with E-state index in [2.05, 4.69) is 5.32 Å². The number of nitrogens with two attached hydrogens (primary N) is 1. The molecule has 0 unspecified atom stereocenters. The molecule has 0 spiro atoms. The lowest BCUT2D eigenvalue weighted by Crippen LogP contribution is -2.18. The number of hydrogen-bond donors (Lipinski definition) is 2. The number of nitro groups is 1. The minimum absolute atomic E-state index is 0.0455. The molecule has 3 N–H and O–H groups in total. The molecule has 2 aromatic carbocycles. The lowest BCUT2D eigenvalue weighted by molar-refractivity contribution is -0.385. The van der Waals surface area contributed by atoms with E-state index in [0.717, 1.165) is 6.07 Å². The highest BCUT2D eigenvalue weighted by Crippen LogP contribution is 2.28. The lowest BCUT2D eigenvalue weighted by Gasteiger charge is -2.09. The van der Waals surface area contributed by atoms with Crippen LogP contribution in [0.25, 0.3) is 0 Å². The van der Waals surface area contributed by atoms with Gasteiger partial charge in [0.15, 0.2) is 5.75 Å². The molecule has 2 aromatic rings. The molecule has 0 heterocycles. The maximum absolute atomic E-state index is 12.2. The number of carbonyl (C=O) groups is 2. The van der Waals surface area contributed by atoms with Crippen LogP contribution in [-0.4, -0.2) is 23.8 Å². The number of nitro benzene ring substituents is 1. The minimum Gasteiger partial charge on any atom is -0.490 e. The maximum atomic E-state index is 12.2. The Hall–Kier alpha value is -3.42. The third-order valence-corrected chi connectivity index (χ3v) is 3.08. The first-order chi connectivity index (χ1) is 10.9. The van der Waals surface area contributed by atoms with Gasteiger partial charge in [-0.25, -0.2) is 0 Å². The second-order valence-electron chi connectivity index (χ2n) is 4.51. The van der Waals surface area contributed by atoms with Crippen LogP contribution in [0.15, 0.2) is 42.5 Å². The van der Waals surface area contributed by atoms with Gasteiger partial charge in [0, 0.05) is 11.6 Å². The summed E-state index contributed by atoms with van der Waals surface area (Å²) in [6.07, 6.45) is 0. The van der Waals surface area contributed by atoms with E-state index in [4.69, 9.17) is 10.5 Å². The highest BCUT2D eigenvalue weighted by molar-refractivity contribution is 6.09. The minimum atomic E-state index is -0.693. The van der Waals surface area contributed by atoms with Crippen molar-refractivity contribution in [2.45, 2.75) is 0 Å². The fourth-order valence-corrected chi connectivity index (χ4v) is 1.98. The Morgan fingerprint density at radius 3 is 2.52 bits per heavy atom. The standard InChI is InChI=1S/C15H13N3O5/c1-23-13-7-6-9(8-12(13)18(21)22)15(20)17-11-5-3-2-4-10(11)14(16)19/h2-8H,1H3,(H2,16,19)(H,17,20). The third-order valence-electron chi connectivity index (χ3n) is 3.08. The summed E-state index contributed by atoms with van der Waals surface area (Å²) in [4.78, 5) is 33.9. The summed E-state index contributed by atoms with van der Waals surface area (Å²) in [7, 11) is 1.30. The first kappa shape index (κ1) is 16.0. The zero-order chi connectivity index (χ0) is 17.0. The SMILES string of the molecule is COc1ccc(C(=O)Nc2ccccc2C(N)=O)cc1[N+](=O)[O-]. The summed E-state index contributed by atoms with van der Waals surface area (Å²) < 4.78 is 4.88. The maximum Gasteiger partial charge on any atom is 0.311 e. The first-order valence-corrected chi connectivity index (χ1v) is 6.46.